The number of hydrogen-bond acceptors (Lipinski definition) is 3. The summed E-state index contributed by atoms with van der Waals surface area (Å²) in [6.07, 6.45) is 4.70. The molecule has 2 N–H and O–H groups in total. The van der Waals surface area contributed by atoms with Gasteiger partial charge in [-0.2, -0.15) is 0 Å². The van der Waals surface area contributed by atoms with E-state index in [9.17, 15) is 10.2 Å². The van der Waals surface area contributed by atoms with E-state index >= 15 is 0 Å². The van der Waals surface area contributed by atoms with Gasteiger partial charge in [-0.05, 0) is 32.1 Å². The molecule has 0 bridgehead atoms. The second-order valence-electron chi connectivity index (χ2n) is 4.39. The summed E-state index contributed by atoms with van der Waals surface area (Å²) in [5.41, 5.74) is 0. The van der Waals surface area contributed by atoms with Gasteiger partial charge in [-0.25, -0.2) is 0 Å². The lowest BCUT2D eigenvalue weighted by atomic mass is 10.1. The minimum atomic E-state index is -0.0809. The van der Waals surface area contributed by atoms with Gasteiger partial charge >= 0.3 is 0 Å². The second kappa shape index (κ2) is 3.95. The maximum Gasteiger partial charge on any atom is 0.0564 e. The van der Waals surface area contributed by atoms with Crippen molar-refractivity contribution < 1.29 is 10.2 Å². The molecule has 3 heteroatoms. The first-order valence-corrected chi connectivity index (χ1v) is 5.36. The number of hydrogen-bond donors (Lipinski definition) is 2. The van der Waals surface area contributed by atoms with Crippen LogP contribution in [0.3, 0.4) is 0 Å². The van der Waals surface area contributed by atoms with E-state index in [1.54, 1.807) is 0 Å². The minimum absolute atomic E-state index is 0.0724. The molecule has 2 fully saturated rings. The third-order valence-corrected chi connectivity index (χ3v) is 3.39. The van der Waals surface area contributed by atoms with Crippen molar-refractivity contribution >= 4 is 0 Å². The summed E-state index contributed by atoms with van der Waals surface area (Å²) in [6.45, 7) is 2.02. The van der Waals surface area contributed by atoms with Crippen LogP contribution in [-0.2, 0) is 0 Å². The summed E-state index contributed by atoms with van der Waals surface area (Å²) in [5, 5.41) is 18.8. The topological polar surface area (TPSA) is 43.7 Å². The van der Waals surface area contributed by atoms with Gasteiger partial charge in [0.25, 0.3) is 0 Å². The van der Waals surface area contributed by atoms with Gasteiger partial charge in [-0.1, -0.05) is 0 Å². The molecule has 2 rings (SSSR count). The van der Waals surface area contributed by atoms with E-state index in [2.05, 4.69) is 4.90 Å². The van der Waals surface area contributed by atoms with Crippen molar-refractivity contribution in [2.24, 2.45) is 0 Å². The zero-order chi connectivity index (χ0) is 9.26. The first-order chi connectivity index (χ1) is 6.25. The second-order valence-corrected chi connectivity index (χ2v) is 4.39. The van der Waals surface area contributed by atoms with E-state index in [4.69, 9.17) is 0 Å². The van der Waals surface area contributed by atoms with Crippen LogP contribution in [0.25, 0.3) is 0 Å². The molecule has 1 saturated heterocycles. The lowest BCUT2D eigenvalue weighted by molar-refractivity contribution is 0.0580. The van der Waals surface area contributed by atoms with E-state index in [0.29, 0.717) is 6.04 Å². The molecule has 76 valence electrons. The number of nitrogens with zero attached hydrogens (tertiary/aromatic N) is 1. The molecule has 1 saturated carbocycles. The Hall–Kier alpha value is -0.120. The summed E-state index contributed by atoms with van der Waals surface area (Å²) in [4.78, 5) is 2.43. The SMILES string of the molecule is OC1CCN(C2CCC(O)C2)CC1. The predicted octanol–water partition coefficient (Wildman–Crippen LogP) is 0.356. The molecule has 13 heavy (non-hydrogen) atoms. The first kappa shape index (κ1) is 9.44. The summed E-state index contributed by atoms with van der Waals surface area (Å²) in [5.74, 6) is 0. The molecule has 0 aromatic heterocycles. The molecule has 2 atom stereocenters. The van der Waals surface area contributed by atoms with Crippen molar-refractivity contribution in [2.45, 2.75) is 50.4 Å². The zero-order valence-electron chi connectivity index (χ0n) is 8.02. The Balaban J connectivity index is 1.81. The molecule has 0 spiro atoms. The Labute approximate surface area is 79.4 Å². The fourth-order valence-electron chi connectivity index (χ4n) is 2.52. The van der Waals surface area contributed by atoms with Gasteiger partial charge in [-0.3, -0.25) is 0 Å². The van der Waals surface area contributed by atoms with Crippen LogP contribution < -0.4 is 0 Å². The molecular formula is C10H19NO2. The first-order valence-electron chi connectivity index (χ1n) is 5.36. The normalized spacial score (nSPS) is 38.3. The van der Waals surface area contributed by atoms with Crippen LogP contribution in [0.15, 0.2) is 0 Å². The van der Waals surface area contributed by atoms with Crippen molar-refractivity contribution in [1.29, 1.82) is 0 Å². The van der Waals surface area contributed by atoms with E-state index < -0.39 is 0 Å². The van der Waals surface area contributed by atoms with Crippen LogP contribution in [0.2, 0.25) is 0 Å². The van der Waals surface area contributed by atoms with Gasteiger partial charge in [0, 0.05) is 19.1 Å². The van der Waals surface area contributed by atoms with Gasteiger partial charge < -0.3 is 15.1 Å². The summed E-state index contributed by atoms with van der Waals surface area (Å²) < 4.78 is 0. The molecule has 0 aromatic rings. The van der Waals surface area contributed by atoms with E-state index in [1.165, 1.54) is 0 Å². The smallest absolute Gasteiger partial charge is 0.0564 e. The van der Waals surface area contributed by atoms with Crippen molar-refractivity contribution in [3.05, 3.63) is 0 Å². The maximum atomic E-state index is 9.41. The predicted molar refractivity (Wildman–Crippen MR) is 50.5 cm³/mol. The number of likely N-dealkylation sites (tertiary alicyclic amines) is 1. The summed E-state index contributed by atoms with van der Waals surface area (Å²) in [7, 11) is 0. The Morgan fingerprint density at radius 2 is 1.54 bits per heavy atom. The molecule has 1 aliphatic carbocycles. The van der Waals surface area contributed by atoms with Crippen LogP contribution in [0, 0.1) is 0 Å². The van der Waals surface area contributed by atoms with Gasteiger partial charge in [0.15, 0.2) is 0 Å². The highest BCUT2D eigenvalue weighted by atomic mass is 16.3. The minimum Gasteiger partial charge on any atom is -0.393 e. The highest BCUT2D eigenvalue weighted by molar-refractivity contribution is 4.85. The molecular weight excluding hydrogens is 166 g/mol. The number of aliphatic hydroxyl groups is 2. The highest BCUT2D eigenvalue weighted by Crippen LogP contribution is 2.26. The fourth-order valence-corrected chi connectivity index (χ4v) is 2.52. The van der Waals surface area contributed by atoms with Gasteiger partial charge in [-0.15, -0.1) is 0 Å². The number of piperidine rings is 1. The van der Waals surface area contributed by atoms with Crippen molar-refractivity contribution in [1.82, 2.24) is 4.90 Å². The molecule has 2 aliphatic rings. The molecule has 2 unspecified atom stereocenters. The average Bonchev–Trinajstić information content (AvgIpc) is 2.53. The van der Waals surface area contributed by atoms with Crippen LogP contribution in [0.5, 0.6) is 0 Å². The van der Waals surface area contributed by atoms with Crippen molar-refractivity contribution in [3.63, 3.8) is 0 Å². The van der Waals surface area contributed by atoms with Crippen LogP contribution in [0.1, 0.15) is 32.1 Å². The lowest BCUT2D eigenvalue weighted by Crippen LogP contribution is -2.41. The zero-order valence-corrected chi connectivity index (χ0v) is 8.02. The fraction of sp³-hybridized carbons (Fsp3) is 1.00. The molecule has 3 nitrogen and oxygen atoms in total. The van der Waals surface area contributed by atoms with Gasteiger partial charge in [0.1, 0.15) is 0 Å². The third kappa shape index (κ3) is 2.22. The van der Waals surface area contributed by atoms with E-state index in [0.717, 1.165) is 45.2 Å². The highest BCUT2D eigenvalue weighted by Gasteiger charge is 2.30. The van der Waals surface area contributed by atoms with Crippen molar-refractivity contribution in [3.8, 4) is 0 Å². The quantitative estimate of drug-likeness (QED) is 0.620. The molecule has 1 aliphatic heterocycles. The van der Waals surface area contributed by atoms with Gasteiger partial charge in [0.2, 0.25) is 0 Å². The molecule has 0 amide bonds. The largest absolute Gasteiger partial charge is 0.393 e. The van der Waals surface area contributed by atoms with Crippen LogP contribution in [-0.4, -0.2) is 46.5 Å². The van der Waals surface area contributed by atoms with Gasteiger partial charge in [0.05, 0.1) is 12.2 Å². The third-order valence-electron chi connectivity index (χ3n) is 3.39. The summed E-state index contributed by atoms with van der Waals surface area (Å²) in [6, 6.07) is 0.586. The van der Waals surface area contributed by atoms with E-state index in [1.807, 2.05) is 0 Å². The Kier molecular flexibility index (Phi) is 2.86. The average molecular weight is 185 g/mol. The monoisotopic (exact) mass is 185 g/mol. The number of aliphatic hydroxyl groups excluding tert-OH is 2. The molecule has 1 heterocycles. The Bertz CT molecular complexity index is 166. The molecule has 0 radical (unpaired) electrons. The van der Waals surface area contributed by atoms with Crippen LogP contribution >= 0.6 is 0 Å². The maximum absolute atomic E-state index is 9.41. The molecule has 0 aromatic carbocycles. The lowest BCUT2D eigenvalue weighted by Gasteiger charge is -2.34. The summed E-state index contributed by atoms with van der Waals surface area (Å²) >= 11 is 0. The van der Waals surface area contributed by atoms with E-state index in [-0.39, 0.29) is 12.2 Å². The number of rotatable bonds is 1. The Morgan fingerprint density at radius 1 is 0.846 bits per heavy atom. The Morgan fingerprint density at radius 3 is 2.08 bits per heavy atom. The van der Waals surface area contributed by atoms with Crippen molar-refractivity contribution in [2.75, 3.05) is 13.1 Å². The standard InChI is InChI=1S/C10H19NO2/c12-9-3-5-11(6-4-9)8-1-2-10(13)7-8/h8-10,12-13H,1-7H2. The van der Waals surface area contributed by atoms with Crippen LogP contribution in [0.4, 0.5) is 0 Å².